The van der Waals surface area contributed by atoms with Crippen LogP contribution in [0.2, 0.25) is 0 Å². The molecule has 0 saturated carbocycles. The van der Waals surface area contributed by atoms with Crippen LogP contribution < -0.4 is 16.8 Å². The molecular weight excluding hydrogens is 274 g/mol. The van der Waals surface area contributed by atoms with E-state index in [9.17, 15) is 9.59 Å². The first-order valence-electron chi connectivity index (χ1n) is 6.85. The molecule has 1 atom stereocenters. The number of carbonyl (C=O) groups is 2. The van der Waals surface area contributed by atoms with Gasteiger partial charge in [-0.2, -0.15) is 0 Å². The van der Waals surface area contributed by atoms with Crippen molar-refractivity contribution in [2.24, 2.45) is 11.7 Å². The molecule has 1 rings (SSSR count). The van der Waals surface area contributed by atoms with Gasteiger partial charge in [-0.1, -0.05) is 27.7 Å². The Labute approximate surface area is 123 Å². The van der Waals surface area contributed by atoms with Crippen molar-refractivity contribution in [3.8, 4) is 0 Å². The van der Waals surface area contributed by atoms with Gasteiger partial charge in [-0.25, -0.2) is 0 Å². The molecule has 0 aliphatic heterocycles. The van der Waals surface area contributed by atoms with Crippen LogP contribution in [0, 0.1) is 5.92 Å². The Bertz CT molecular complexity index is 509. The Morgan fingerprint density at radius 1 is 1.30 bits per heavy atom. The minimum absolute atomic E-state index is 0.0688. The summed E-state index contributed by atoms with van der Waals surface area (Å²) in [7, 11) is 0. The molecule has 0 saturated heterocycles. The Kier molecular flexibility index (Phi) is 5.56. The van der Waals surface area contributed by atoms with E-state index in [1.165, 1.54) is 11.3 Å². The molecule has 1 aromatic rings. The standard InChI is InChI=1S/C14H23N3O2S/c1-5-8(7(3)4)17-14-10(13(16)19)11(15)12(20-14)9(18)6-2/h7-8,17H,5-6,15H2,1-4H3,(H2,16,19). The highest BCUT2D eigenvalue weighted by molar-refractivity contribution is 7.19. The number of rotatable bonds is 7. The van der Waals surface area contributed by atoms with Crippen molar-refractivity contribution in [1.82, 2.24) is 0 Å². The maximum atomic E-state index is 11.9. The summed E-state index contributed by atoms with van der Waals surface area (Å²) in [6.07, 6.45) is 1.26. The predicted octanol–water partition coefficient (Wildman–Crippen LogP) is 2.87. The summed E-state index contributed by atoms with van der Waals surface area (Å²) in [6, 6.07) is 0.204. The lowest BCUT2D eigenvalue weighted by Crippen LogP contribution is -2.25. The lowest BCUT2D eigenvalue weighted by molar-refractivity contribution is 0.0991. The molecule has 0 fully saturated rings. The lowest BCUT2D eigenvalue weighted by Gasteiger charge is -2.21. The molecule has 1 amide bonds. The molecule has 5 N–H and O–H groups in total. The van der Waals surface area contributed by atoms with Gasteiger partial charge in [0.05, 0.1) is 16.1 Å². The number of Topliss-reactive ketones (excluding diaryl/α,β-unsaturated/α-hetero) is 1. The molecule has 0 bridgehead atoms. The van der Waals surface area contributed by atoms with Crippen LogP contribution in [0.4, 0.5) is 10.7 Å². The molecule has 0 radical (unpaired) electrons. The van der Waals surface area contributed by atoms with Crippen LogP contribution in [0.3, 0.4) is 0 Å². The molecule has 20 heavy (non-hydrogen) atoms. The summed E-state index contributed by atoms with van der Waals surface area (Å²) in [5.74, 6) is -0.273. The number of primary amides is 1. The van der Waals surface area contributed by atoms with E-state index in [-0.39, 0.29) is 23.1 Å². The first kappa shape index (κ1) is 16.5. The molecule has 0 aromatic carbocycles. The topological polar surface area (TPSA) is 98.2 Å². The average molecular weight is 297 g/mol. The van der Waals surface area contributed by atoms with E-state index in [1.807, 2.05) is 0 Å². The van der Waals surface area contributed by atoms with Crippen molar-refractivity contribution < 1.29 is 9.59 Å². The Hall–Kier alpha value is -1.56. The molecule has 6 heteroatoms. The molecule has 0 spiro atoms. The summed E-state index contributed by atoms with van der Waals surface area (Å²) in [5, 5.41) is 3.91. The van der Waals surface area contributed by atoms with E-state index in [2.05, 4.69) is 26.1 Å². The Balaban J connectivity index is 3.24. The molecule has 5 nitrogen and oxygen atoms in total. The summed E-state index contributed by atoms with van der Waals surface area (Å²) < 4.78 is 0. The second-order valence-corrected chi connectivity index (χ2v) is 6.11. The van der Waals surface area contributed by atoms with Gasteiger partial charge in [0.1, 0.15) is 5.00 Å². The Morgan fingerprint density at radius 2 is 1.90 bits per heavy atom. The molecular formula is C14H23N3O2S. The van der Waals surface area contributed by atoms with E-state index >= 15 is 0 Å². The van der Waals surface area contributed by atoms with Gasteiger partial charge >= 0.3 is 0 Å². The van der Waals surface area contributed by atoms with Gasteiger partial charge in [-0.15, -0.1) is 11.3 Å². The highest BCUT2D eigenvalue weighted by atomic mass is 32.1. The number of carbonyl (C=O) groups excluding carboxylic acids is 2. The van der Waals surface area contributed by atoms with Crippen LogP contribution in [0.5, 0.6) is 0 Å². The summed E-state index contributed by atoms with van der Waals surface area (Å²) >= 11 is 1.22. The first-order valence-corrected chi connectivity index (χ1v) is 7.66. The highest BCUT2D eigenvalue weighted by Crippen LogP contribution is 2.37. The number of hydrogen-bond acceptors (Lipinski definition) is 5. The van der Waals surface area contributed by atoms with Crippen molar-refractivity contribution in [2.45, 2.75) is 46.6 Å². The normalized spacial score (nSPS) is 12.4. The largest absolute Gasteiger partial charge is 0.397 e. The van der Waals surface area contributed by atoms with Crippen LogP contribution in [0.25, 0.3) is 0 Å². The molecule has 1 unspecified atom stereocenters. The molecule has 0 aliphatic carbocycles. The molecule has 1 aromatic heterocycles. The number of nitrogens with two attached hydrogens (primary N) is 2. The molecule has 0 aliphatic rings. The van der Waals surface area contributed by atoms with Gasteiger partial charge in [0, 0.05) is 12.5 Å². The number of thiophene rings is 1. The lowest BCUT2D eigenvalue weighted by atomic mass is 10.0. The van der Waals surface area contributed by atoms with Crippen molar-refractivity contribution in [1.29, 1.82) is 0 Å². The number of nitrogens with one attached hydrogen (secondary N) is 1. The smallest absolute Gasteiger partial charge is 0.253 e. The maximum absolute atomic E-state index is 11.9. The summed E-state index contributed by atoms with van der Waals surface area (Å²) in [4.78, 5) is 23.9. The quantitative estimate of drug-likeness (QED) is 0.674. The summed E-state index contributed by atoms with van der Waals surface area (Å²) in [6.45, 7) is 8.03. The van der Waals surface area contributed by atoms with Gasteiger partial charge in [0.15, 0.2) is 5.78 Å². The van der Waals surface area contributed by atoms with Gasteiger partial charge in [-0.3, -0.25) is 9.59 Å². The zero-order valence-corrected chi connectivity index (χ0v) is 13.3. The average Bonchev–Trinajstić information content (AvgIpc) is 2.71. The van der Waals surface area contributed by atoms with E-state index in [0.29, 0.717) is 22.2 Å². The van der Waals surface area contributed by atoms with Crippen LogP contribution in [-0.4, -0.2) is 17.7 Å². The van der Waals surface area contributed by atoms with E-state index in [1.54, 1.807) is 6.92 Å². The second-order valence-electron chi connectivity index (χ2n) is 5.09. The van der Waals surface area contributed by atoms with E-state index in [0.717, 1.165) is 6.42 Å². The fourth-order valence-corrected chi connectivity index (χ4v) is 3.26. The van der Waals surface area contributed by atoms with Crippen molar-refractivity contribution in [3.05, 3.63) is 10.4 Å². The minimum Gasteiger partial charge on any atom is -0.397 e. The van der Waals surface area contributed by atoms with E-state index in [4.69, 9.17) is 11.5 Å². The minimum atomic E-state index is -0.602. The fraction of sp³-hybridized carbons (Fsp3) is 0.571. The first-order chi connectivity index (χ1) is 9.33. The number of amides is 1. The van der Waals surface area contributed by atoms with Crippen molar-refractivity contribution in [3.63, 3.8) is 0 Å². The van der Waals surface area contributed by atoms with Gasteiger partial charge < -0.3 is 16.8 Å². The zero-order valence-electron chi connectivity index (χ0n) is 12.4. The summed E-state index contributed by atoms with van der Waals surface area (Å²) in [5.41, 5.74) is 11.8. The van der Waals surface area contributed by atoms with Crippen LogP contribution in [-0.2, 0) is 0 Å². The highest BCUT2D eigenvalue weighted by Gasteiger charge is 2.25. The van der Waals surface area contributed by atoms with Gasteiger partial charge in [0.2, 0.25) is 0 Å². The molecule has 1 heterocycles. The predicted molar refractivity (Wildman–Crippen MR) is 84.4 cm³/mol. The Morgan fingerprint density at radius 3 is 2.30 bits per heavy atom. The third-order valence-electron chi connectivity index (χ3n) is 3.33. The van der Waals surface area contributed by atoms with Crippen molar-refractivity contribution in [2.75, 3.05) is 11.1 Å². The fourth-order valence-electron chi connectivity index (χ4n) is 2.07. The van der Waals surface area contributed by atoms with Gasteiger partial charge in [-0.05, 0) is 12.3 Å². The SMILES string of the molecule is CCC(=O)c1sc(NC(CC)C(C)C)c(C(N)=O)c1N. The van der Waals surface area contributed by atoms with E-state index < -0.39 is 5.91 Å². The van der Waals surface area contributed by atoms with Crippen LogP contribution in [0.1, 0.15) is 60.6 Å². The number of anilines is 2. The maximum Gasteiger partial charge on any atom is 0.253 e. The van der Waals surface area contributed by atoms with Crippen LogP contribution >= 0.6 is 11.3 Å². The van der Waals surface area contributed by atoms with Gasteiger partial charge in [0.25, 0.3) is 5.91 Å². The number of ketones is 1. The molecule has 112 valence electrons. The third-order valence-corrected chi connectivity index (χ3v) is 4.50. The third kappa shape index (κ3) is 3.30. The second kappa shape index (κ2) is 6.74. The van der Waals surface area contributed by atoms with Crippen molar-refractivity contribution >= 4 is 33.7 Å². The number of nitrogen functional groups attached to an aromatic ring is 1. The monoisotopic (exact) mass is 297 g/mol. The zero-order chi connectivity index (χ0) is 15.4. The number of hydrogen-bond donors (Lipinski definition) is 3. The van der Waals surface area contributed by atoms with Crippen LogP contribution in [0.15, 0.2) is 0 Å².